The lowest BCUT2D eigenvalue weighted by Gasteiger charge is -1.97. The van der Waals surface area contributed by atoms with Crippen LogP contribution in [0.25, 0.3) is 0 Å². The van der Waals surface area contributed by atoms with E-state index in [1.165, 1.54) is 6.20 Å². The lowest BCUT2D eigenvalue weighted by atomic mass is 10.1. The van der Waals surface area contributed by atoms with Gasteiger partial charge < -0.3 is 0 Å². The van der Waals surface area contributed by atoms with Crippen molar-refractivity contribution in [3.05, 3.63) is 29.1 Å². The molecule has 0 bridgehead atoms. The topological polar surface area (TPSA) is 60.5 Å². The first kappa shape index (κ1) is 7.76. The van der Waals surface area contributed by atoms with Gasteiger partial charge in [-0.05, 0) is 18.9 Å². The molecule has 1 aromatic rings. The average molecular weight is 169 g/mol. The number of nitriles is 2. The molecule has 1 saturated carbocycles. The van der Waals surface area contributed by atoms with Gasteiger partial charge in [0, 0.05) is 17.8 Å². The minimum atomic E-state index is 0.368. The Hall–Kier alpha value is -1.87. The Labute approximate surface area is 76.3 Å². The Bertz CT molecular complexity index is 419. The summed E-state index contributed by atoms with van der Waals surface area (Å²) in [4.78, 5) is 4.15. The highest BCUT2D eigenvalue weighted by Crippen LogP contribution is 2.39. The van der Waals surface area contributed by atoms with Crippen LogP contribution in [-0.4, -0.2) is 4.98 Å². The largest absolute Gasteiger partial charge is 0.260 e. The highest BCUT2D eigenvalue weighted by molar-refractivity contribution is 5.45. The maximum atomic E-state index is 8.75. The van der Waals surface area contributed by atoms with Gasteiger partial charge in [0.15, 0.2) is 0 Å². The number of aromatic nitrogens is 1. The molecule has 0 radical (unpaired) electrons. The molecule has 3 nitrogen and oxygen atoms in total. The van der Waals surface area contributed by atoms with Crippen LogP contribution in [0.5, 0.6) is 0 Å². The molecule has 0 unspecified atom stereocenters. The first-order valence-electron chi connectivity index (χ1n) is 4.15. The van der Waals surface area contributed by atoms with Crippen LogP contribution in [0.3, 0.4) is 0 Å². The van der Waals surface area contributed by atoms with Crippen LogP contribution in [0, 0.1) is 22.7 Å². The molecule has 13 heavy (non-hydrogen) atoms. The normalized spacial score (nSPS) is 14.6. The Morgan fingerprint density at radius 1 is 1.23 bits per heavy atom. The monoisotopic (exact) mass is 169 g/mol. The van der Waals surface area contributed by atoms with Crippen LogP contribution in [0.2, 0.25) is 0 Å². The van der Waals surface area contributed by atoms with Gasteiger partial charge in [0.1, 0.15) is 12.1 Å². The number of rotatable bonds is 1. The fraction of sp³-hybridized carbons (Fsp3) is 0.300. The maximum Gasteiger partial charge on any atom is 0.102 e. The van der Waals surface area contributed by atoms with Crippen molar-refractivity contribution in [2.24, 2.45) is 0 Å². The van der Waals surface area contributed by atoms with E-state index in [0.29, 0.717) is 17.0 Å². The second kappa shape index (κ2) is 2.88. The van der Waals surface area contributed by atoms with Crippen molar-refractivity contribution in [3.8, 4) is 12.1 Å². The van der Waals surface area contributed by atoms with E-state index >= 15 is 0 Å². The Morgan fingerprint density at radius 2 is 1.92 bits per heavy atom. The van der Waals surface area contributed by atoms with Gasteiger partial charge in [-0.2, -0.15) is 10.5 Å². The van der Waals surface area contributed by atoms with Crippen molar-refractivity contribution in [1.82, 2.24) is 4.98 Å². The summed E-state index contributed by atoms with van der Waals surface area (Å²) in [5, 5.41) is 17.4. The summed E-state index contributed by atoms with van der Waals surface area (Å²) in [6.45, 7) is 0. The van der Waals surface area contributed by atoms with Crippen LogP contribution in [0.15, 0.2) is 12.3 Å². The molecule has 1 heterocycles. The SMILES string of the molecule is N#Cc1cnc(C2CC2)cc1C#N. The molecule has 0 saturated heterocycles. The van der Waals surface area contributed by atoms with E-state index in [9.17, 15) is 0 Å². The van der Waals surface area contributed by atoms with Crippen molar-refractivity contribution < 1.29 is 0 Å². The summed E-state index contributed by atoms with van der Waals surface area (Å²) < 4.78 is 0. The fourth-order valence-electron chi connectivity index (χ4n) is 1.26. The Balaban J connectivity index is 2.46. The van der Waals surface area contributed by atoms with Crippen LogP contribution < -0.4 is 0 Å². The summed E-state index contributed by atoms with van der Waals surface area (Å²) in [7, 11) is 0. The molecule has 3 heteroatoms. The lowest BCUT2D eigenvalue weighted by molar-refractivity contribution is 1.02. The highest BCUT2D eigenvalue weighted by Gasteiger charge is 2.25. The van der Waals surface area contributed by atoms with E-state index in [-0.39, 0.29) is 0 Å². The predicted octanol–water partition coefficient (Wildman–Crippen LogP) is 1.70. The first-order valence-corrected chi connectivity index (χ1v) is 4.15. The third-order valence-electron chi connectivity index (χ3n) is 2.16. The molecule has 0 aliphatic heterocycles. The van der Waals surface area contributed by atoms with E-state index in [1.807, 2.05) is 12.1 Å². The van der Waals surface area contributed by atoms with Gasteiger partial charge in [-0.1, -0.05) is 0 Å². The van der Waals surface area contributed by atoms with E-state index in [4.69, 9.17) is 10.5 Å². The summed E-state index contributed by atoms with van der Waals surface area (Å²) in [5.74, 6) is 0.528. The zero-order chi connectivity index (χ0) is 9.26. The highest BCUT2D eigenvalue weighted by atomic mass is 14.7. The summed E-state index contributed by atoms with van der Waals surface area (Å²) >= 11 is 0. The number of nitrogens with zero attached hydrogens (tertiary/aromatic N) is 3. The van der Waals surface area contributed by atoms with Crippen molar-refractivity contribution in [1.29, 1.82) is 10.5 Å². The van der Waals surface area contributed by atoms with E-state index in [1.54, 1.807) is 6.07 Å². The fourth-order valence-corrected chi connectivity index (χ4v) is 1.26. The van der Waals surface area contributed by atoms with E-state index in [0.717, 1.165) is 18.5 Å². The van der Waals surface area contributed by atoms with Gasteiger partial charge in [-0.15, -0.1) is 0 Å². The quantitative estimate of drug-likeness (QED) is 0.642. The second-order valence-corrected chi connectivity index (χ2v) is 3.15. The van der Waals surface area contributed by atoms with Gasteiger partial charge in [0.2, 0.25) is 0 Å². The third-order valence-corrected chi connectivity index (χ3v) is 2.16. The van der Waals surface area contributed by atoms with Gasteiger partial charge >= 0.3 is 0 Å². The van der Waals surface area contributed by atoms with Gasteiger partial charge in [0.25, 0.3) is 0 Å². The molecule has 1 aliphatic carbocycles. The predicted molar refractivity (Wildman–Crippen MR) is 45.6 cm³/mol. The molecule has 62 valence electrons. The summed E-state index contributed by atoms with van der Waals surface area (Å²) in [5.41, 5.74) is 1.77. The zero-order valence-corrected chi connectivity index (χ0v) is 6.99. The second-order valence-electron chi connectivity index (χ2n) is 3.15. The molecule has 0 amide bonds. The molecular formula is C10H7N3. The zero-order valence-electron chi connectivity index (χ0n) is 6.99. The van der Waals surface area contributed by atoms with Crippen LogP contribution in [0.4, 0.5) is 0 Å². The molecule has 1 aliphatic rings. The minimum absolute atomic E-state index is 0.368. The van der Waals surface area contributed by atoms with Crippen molar-refractivity contribution in [2.75, 3.05) is 0 Å². The Morgan fingerprint density at radius 3 is 2.46 bits per heavy atom. The van der Waals surface area contributed by atoms with E-state index in [2.05, 4.69) is 4.98 Å². The van der Waals surface area contributed by atoms with Crippen molar-refractivity contribution in [3.63, 3.8) is 0 Å². The minimum Gasteiger partial charge on any atom is -0.260 e. The average Bonchev–Trinajstić information content (AvgIpc) is 3.00. The molecule has 2 rings (SSSR count). The molecule has 0 atom stereocenters. The third kappa shape index (κ3) is 1.37. The number of hydrogen-bond acceptors (Lipinski definition) is 3. The van der Waals surface area contributed by atoms with E-state index < -0.39 is 0 Å². The smallest absolute Gasteiger partial charge is 0.102 e. The standard InChI is InChI=1S/C10H7N3/c11-4-8-3-10(7-1-2-7)13-6-9(8)5-12/h3,6-7H,1-2H2. The van der Waals surface area contributed by atoms with Crippen LogP contribution in [-0.2, 0) is 0 Å². The van der Waals surface area contributed by atoms with Crippen molar-refractivity contribution in [2.45, 2.75) is 18.8 Å². The molecule has 0 spiro atoms. The van der Waals surface area contributed by atoms with Gasteiger partial charge in [-0.3, -0.25) is 4.98 Å². The Kier molecular flexibility index (Phi) is 1.72. The lowest BCUT2D eigenvalue weighted by Crippen LogP contribution is -1.91. The summed E-state index contributed by atoms with van der Waals surface area (Å²) in [6, 6.07) is 5.69. The number of hydrogen-bond donors (Lipinski definition) is 0. The van der Waals surface area contributed by atoms with Crippen LogP contribution >= 0.6 is 0 Å². The molecule has 1 fully saturated rings. The van der Waals surface area contributed by atoms with Gasteiger partial charge in [0.05, 0.1) is 11.1 Å². The summed E-state index contributed by atoms with van der Waals surface area (Å²) in [6.07, 6.45) is 3.81. The van der Waals surface area contributed by atoms with Crippen molar-refractivity contribution >= 4 is 0 Å². The maximum absolute atomic E-state index is 8.75. The molecule has 1 aromatic heterocycles. The molecule has 0 N–H and O–H groups in total. The van der Waals surface area contributed by atoms with Crippen LogP contribution in [0.1, 0.15) is 35.6 Å². The molecular weight excluding hydrogens is 162 g/mol. The van der Waals surface area contributed by atoms with Gasteiger partial charge in [-0.25, -0.2) is 0 Å². The first-order chi connectivity index (χ1) is 6.35. The molecule has 0 aromatic carbocycles. The number of pyridine rings is 1.